The quantitative estimate of drug-likeness (QED) is 0.315. The molecule has 4 rings (SSSR count). The van der Waals surface area contributed by atoms with Crippen LogP contribution in [0.5, 0.6) is 5.75 Å². The Labute approximate surface area is 250 Å². The molecule has 0 saturated carbocycles. The summed E-state index contributed by atoms with van der Waals surface area (Å²) in [5.41, 5.74) is -1.35. The van der Waals surface area contributed by atoms with Crippen molar-refractivity contribution in [1.82, 2.24) is 9.80 Å². The fraction of sp³-hybridized carbons (Fsp3) is 0.606. The van der Waals surface area contributed by atoms with Gasteiger partial charge in [0.05, 0.1) is 24.0 Å². The van der Waals surface area contributed by atoms with E-state index in [0.717, 1.165) is 12.8 Å². The van der Waals surface area contributed by atoms with Gasteiger partial charge in [0.25, 0.3) is 0 Å². The third-order valence-corrected chi connectivity index (χ3v) is 9.22. The summed E-state index contributed by atoms with van der Waals surface area (Å²) in [6.45, 7) is 16.9. The molecule has 1 aromatic rings. The van der Waals surface area contributed by atoms with Crippen molar-refractivity contribution in [3.63, 3.8) is 0 Å². The third-order valence-electron chi connectivity index (χ3n) is 9.22. The van der Waals surface area contributed by atoms with Crippen LogP contribution < -0.4 is 9.64 Å². The van der Waals surface area contributed by atoms with Crippen LogP contribution in [0.2, 0.25) is 0 Å². The van der Waals surface area contributed by atoms with Gasteiger partial charge in [-0.25, -0.2) is 0 Å². The Bertz CT molecular complexity index is 1170. The molecule has 2 bridgehead atoms. The van der Waals surface area contributed by atoms with Gasteiger partial charge in [-0.3, -0.25) is 14.4 Å². The van der Waals surface area contributed by atoms with Gasteiger partial charge in [-0.1, -0.05) is 25.5 Å². The largest absolute Gasteiger partial charge is 0.494 e. The molecule has 0 aliphatic carbocycles. The first-order valence-corrected chi connectivity index (χ1v) is 15.3. The van der Waals surface area contributed by atoms with Gasteiger partial charge in [0.2, 0.25) is 17.7 Å². The molecule has 1 spiro atoms. The second-order valence-corrected chi connectivity index (χ2v) is 11.9. The summed E-state index contributed by atoms with van der Waals surface area (Å²) in [6.07, 6.45) is 6.48. The van der Waals surface area contributed by atoms with Crippen molar-refractivity contribution in [3.05, 3.63) is 49.6 Å². The van der Waals surface area contributed by atoms with E-state index in [2.05, 4.69) is 20.1 Å². The summed E-state index contributed by atoms with van der Waals surface area (Å²) in [7, 11) is 0. The predicted molar refractivity (Wildman–Crippen MR) is 162 cm³/mol. The summed E-state index contributed by atoms with van der Waals surface area (Å²) in [5, 5.41) is 9.66. The topological polar surface area (TPSA) is 99.6 Å². The molecule has 1 N–H and O–H groups in total. The Morgan fingerprint density at radius 1 is 1.17 bits per heavy atom. The van der Waals surface area contributed by atoms with Crippen LogP contribution in [-0.2, 0) is 19.1 Å². The first-order chi connectivity index (χ1) is 20.1. The minimum atomic E-state index is -1.12. The average Bonchev–Trinajstić information content (AvgIpc) is 3.54. The number of fused-ring (bicyclic) bond motifs is 1. The number of anilines is 1. The number of hydrogen-bond acceptors (Lipinski definition) is 6. The molecule has 3 amide bonds. The van der Waals surface area contributed by atoms with Crippen molar-refractivity contribution in [2.24, 2.45) is 11.8 Å². The Kier molecular flexibility index (Phi) is 9.83. The van der Waals surface area contributed by atoms with Gasteiger partial charge < -0.3 is 29.3 Å². The van der Waals surface area contributed by atoms with Gasteiger partial charge in [-0.2, -0.15) is 0 Å². The monoisotopic (exact) mass is 581 g/mol. The van der Waals surface area contributed by atoms with Crippen molar-refractivity contribution in [2.75, 3.05) is 37.7 Å². The van der Waals surface area contributed by atoms with E-state index in [9.17, 15) is 19.5 Å². The van der Waals surface area contributed by atoms with E-state index in [1.807, 2.05) is 45.0 Å². The molecular formula is C33H47N3O6. The van der Waals surface area contributed by atoms with Gasteiger partial charge in [-0.05, 0) is 70.7 Å². The molecule has 9 nitrogen and oxygen atoms in total. The number of aliphatic hydroxyl groups is 1. The summed E-state index contributed by atoms with van der Waals surface area (Å²) in [6, 6.07) is 6.37. The van der Waals surface area contributed by atoms with Crippen LogP contribution in [-0.4, -0.2) is 88.8 Å². The Balaban J connectivity index is 1.76. The second-order valence-electron chi connectivity index (χ2n) is 11.9. The molecule has 3 unspecified atom stereocenters. The van der Waals surface area contributed by atoms with Gasteiger partial charge in [0.15, 0.2) is 0 Å². The molecule has 0 radical (unpaired) electrons. The number of hydrogen-bond donors (Lipinski definition) is 1. The van der Waals surface area contributed by atoms with Gasteiger partial charge >= 0.3 is 0 Å². The third kappa shape index (κ3) is 5.37. The number of carbonyl (C=O) groups is 3. The van der Waals surface area contributed by atoms with E-state index < -0.39 is 29.1 Å². The van der Waals surface area contributed by atoms with E-state index in [1.54, 1.807) is 26.9 Å². The molecular weight excluding hydrogens is 534 g/mol. The maximum absolute atomic E-state index is 14.5. The number of carbonyl (C=O) groups excluding carboxylic acids is 3. The van der Waals surface area contributed by atoms with Crippen LogP contribution in [0, 0.1) is 11.8 Å². The molecule has 230 valence electrons. The van der Waals surface area contributed by atoms with E-state index in [1.165, 1.54) is 0 Å². The Morgan fingerprint density at radius 3 is 2.45 bits per heavy atom. The van der Waals surface area contributed by atoms with E-state index in [0.29, 0.717) is 43.9 Å². The predicted octanol–water partition coefficient (Wildman–Crippen LogP) is 3.95. The number of ether oxygens (including phenoxy) is 2. The molecule has 6 atom stereocenters. The maximum atomic E-state index is 14.5. The molecule has 42 heavy (non-hydrogen) atoms. The highest BCUT2D eigenvalue weighted by molar-refractivity contribution is 6.03. The Morgan fingerprint density at radius 2 is 1.86 bits per heavy atom. The zero-order valence-electron chi connectivity index (χ0n) is 25.6. The molecule has 3 heterocycles. The molecule has 3 saturated heterocycles. The molecule has 3 aliphatic rings. The number of likely N-dealkylation sites (tertiary alicyclic amines) is 1. The molecule has 0 aromatic heterocycles. The number of aliphatic hydroxyl groups excluding tert-OH is 1. The van der Waals surface area contributed by atoms with Crippen LogP contribution in [0.15, 0.2) is 49.6 Å². The summed E-state index contributed by atoms with van der Waals surface area (Å²) >= 11 is 0. The van der Waals surface area contributed by atoms with Crippen LogP contribution >= 0.6 is 0 Å². The first-order valence-electron chi connectivity index (χ1n) is 15.3. The molecule has 3 fully saturated rings. The smallest absolute Gasteiger partial charge is 0.248 e. The van der Waals surface area contributed by atoms with Crippen molar-refractivity contribution in [1.29, 1.82) is 0 Å². The zero-order valence-corrected chi connectivity index (χ0v) is 25.6. The lowest BCUT2D eigenvalue weighted by atomic mass is 9.66. The van der Waals surface area contributed by atoms with Crippen LogP contribution in [0.1, 0.15) is 59.8 Å². The van der Waals surface area contributed by atoms with Gasteiger partial charge in [0, 0.05) is 38.0 Å². The maximum Gasteiger partial charge on any atom is 0.248 e. The number of benzene rings is 1. The highest BCUT2D eigenvalue weighted by Crippen LogP contribution is 2.63. The zero-order chi connectivity index (χ0) is 30.7. The normalized spacial score (nSPS) is 28.4. The lowest BCUT2D eigenvalue weighted by Crippen LogP contribution is -2.58. The minimum Gasteiger partial charge on any atom is -0.494 e. The van der Waals surface area contributed by atoms with Crippen LogP contribution in [0.3, 0.4) is 0 Å². The van der Waals surface area contributed by atoms with Gasteiger partial charge in [-0.15, -0.1) is 13.2 Å². The molecule has 1 aromatic carbocycles. The van der Waals surface area contributed by atoms with Gasteiger partial charge in [0.1, 0.15) is 17.4 Å². The van der Waals surface area contributed by atoms with Crippen molar-refractivity contribution in [3.8, 4) is 5.75 Å². The van der Waals surface area contributed by atoms with Crippen LogP contribution in [0.4, 0.5) is 5.69 Å². The highest BCUT2D eigenvalue weighted by Gasteiger charge is 2.78. The first kappa shape index (κ1) is 31.8. The fourth-order valence-corrected chi connectivity index (χ4v) is 7.43. The average molecular weight is 582 g/mol. The highest BCUT2D eigenvalue weighted by atomic mass is 16.5. The van der Waals surface area contributed by atoms with E-state index >= 15 is 0 Å². The Hall–Kier alpha value is -3.17. The summed E-state index contributed by atoms with van der Waals surface area (Å²) < 4.78 is 12.4. The number of amides is 3. The van der Waals surface area contributed by atoms with E-state index in [-0.39, 0.29) is 43.5 Å². The molecule has 9 heteroatoms. The standard InChI is InChI=1S/C33H47N3O6/c1-7-12-23(5)34(19-8-2)31(40)28-33-18-17-32(6,42-33)26(27(33)30(39)36(28)21-11-22-37)29(38)35(20-9-3)24-13-15-25(16-14-24)41-10-4/h8-9,13-16,23,26-28,37H,2-3,7,10-12,17-22H2,1,4-6H3/t23?,26-,27-,28?,32+,33?/m0/s1. The fourth-order valence-electron chi connectivity index (χ4n) is 7.43. The number of nitrogens with zero attached hydrogens (tertiary/aromatic N) is 3. The molecule has 3 aliphatic heterocycles. The van der Waals surface area contributed by atoms with Crippen molar-refractivity contribution < 1.29 is 29.0 Å². The second kappa shape index (κ2) is 13.0. The van der Waals surface area contributed by atoms with Crippen LogP contribution in [0.25, 0.3) is 0 Å². The SMILES string of the molecule is C=CCN(C(=O)[C@@H]1[C@H]2C(=O)N(CCCO)C(C(=O)N(CC=C)C(C)CCC)C23CC[C@@]1(C)O3)c1ccc(OCC)cc1. The van der Waals surface area contributed by atoms with E-state index in [4.69, 9.17) is 9.47 Å². The van der Waals surface area contributed by atoms with Crippen molar-refractivity contribution >= 4 is 23.4 Å². The number of rotatable bonds is 15. The minimum absolute atomic E-state index is 0.0555. The lowest BCUT2D eigenvalue weighted by molar-refractivity contribution is -0.152. The summed E-state index contributed by atoms with van der Waals surface area (Å²) in [4.78, 5) is 48.3. The summed E-state index contributed by atoms with van der Waals surface area (Å²) in [5.74, 6) is -1.54. The lowest BCUT2D eigenvalue weighted by Gasteiger charge is -2.39. The van der Waals surface area contributed by atoms with Crippen molar-refractivity contribution in [2.45, 2.75) is 83.1 Å².